The molecule has 1 N–H and O–H groups in total. The maximum atomic E-state index is 10.7. The van der Waals surface area contributed by atoms with Crippen LogP contribution in [0.4, 0.5) is 0 Å². The molecule has 1 aliphatic carbocycles. The Morgan fingerprint density at radius 2 is 2.07 bits per heavy atom. The van der Waals surface area contributed by atoms with Crippen molar-refractivity contribution in [2.24, 2.45) is 17.8 Å². The molecule has 1 rings (SSSR count). The lowest BCUT2D eigenvalue weighted by Gasteiger charge is -2.25. The summed E-state index contributed by atoms with van der Waals surface area (Å²) in [6, 6.07) is 0. The largest absolute Gasteiger partial charge is 0.481 e. The Kier molecular flexibility index (Phi) is 5.13. The summed E-state index contributed by atoms with van der Waals surface area (Å²) in [4.78, 5) is 10.7. The van der Waals surface area contributed by atoms with E-state index in [4.69, 9.17) is 5.11 Å². The van der Waals surface area contributed by atoms with Crippen LogP contribution >= 0.6 is 0 Å². The van der Waals surface area contributed by atoms with Gasteiger partial charge in [0.15, 0.2) is 0 Å². The molecule has 1 aliphatic rings. The van der Waals surface area contributed by atoms with Crippen molar-refractivity contribution < 1.29 is 9.90 Å². The third-order valence-electron chi connectivity index (χ3n) is 3.71. The third kappa shape index (κ3) is 4.67. The van der Waals surface area contributed by atoms with E-state index in [1.165, 1.54) is 38.5 Å². The van der Waals surface area contributed by atoms with Crippen molar-refractivity contribution in [1.29, 1.82) is 0 Å². The van der Waals surface area contributed by atoms with E-state index in [2.05, 4.69) is 6.92 Å². The number of rotatable bonds is 7. The van der Waals surface area contributed by atoms with Crippen molar-refractivity contribution in [1.82, 2.24) is 0 Å². The van der Waals surface area contributed by atoms with Gasteiger partial charge in [-0.3, -0.25) is 4.79 Å². The summed E-state index contributed by atoms with van der Waals surface area (Å²) in [7, 11) is 0. The van der Waals surface area contributed by atoms with Crippen LogP contribution in [0.25, 0.3) is 0 Å². The standard InChI is InChI=1S/C13H24O2/c1-10(9-11(2)13(14)15)5-3-6-12-7-4-8-12/h10-12H,3-9H2,1-2H3,(H,14,15). The van der Waals surface area contributed by atoms with Crippen molar-refractivity contribution in [2.45, 2.75) is 58.8 Å². The van der Waals surface area contributed by atoms with E-state index in [9.17, 15) is 4.79 Å². The fourth-order valence-electron chi connectivity index (χ4n) is 2.36. The Bertz CT molecular complexity index is 197. The molecule has 2 atom stereocenters. The smallest absolute Gasteiger partial charge is 0.306 e. The van der Waals surface area contributed by atoms with Gasteiger partial charge in [-0.2, -0.15) is 0 Å². The first-order chi connectivity index (χ1) is 7.09. The van der Waals surface area contributed by atoms with Gasteiger partial charge in [0, 0.05) is 0 Å². The molecular formula is C13H24O2. The lowest BCUT2D eigenvalue weighted by Crippen LogP contribution is -2.14. The third-order valence-corrected chi connectivity index (χ3v) is 3.71. The minimum absolute atomic E-state index is 0.177. The first kappa shape index (κ1) is 12.5. The molecule has 0 aromatic heterocycles. The number of carboxylic acids is 1. The van der Waals surface area contributed by atoms with Crippen LogP contribution in [0.2, 0.25) is 0 Å². The first-order valence-electron chi connectivity index (χ1n) is 6.32. The van der Waals surface area contributed by atoms with E-state index in [1.54, 1.807) is 0 Å². The normalized spacial score (nSPS) is 20.7. The number of hydrogen-bond donors (Lipinski definition) is 1. The van der Waals surface area contributed by atoms with Crippen molar-refractivity contribution in [2.75, 3.05) is 0 Å². The summed E-state index contributed by atoms with van der Waals surface area (Å²) in [5.74, 6) is 0.731. The summed E-state index contributed by atoms with van der Waals surface area (Å²) in [5, 5.41) is 8.79. The van der Waals surface area contributed by atoms with Crippen LogP contribution in [-0.2, 0) is 4.79 Å². The van der Waals surface area contributed by atoms with E-state index >= 15 is 0 Å². The van der Waals surface area contributed by atoms with Crippen LogP contribution in [0.5, 0.6) is 0 Å². The second-order valence-corrected chi connectivity index (χ2v) is 5.31. The fourth-order valence-corrected chi connectivity index (χ4v) is 2.36. The van der Waals surface area contributed by atoms with Crippen LogP contribution in [0.3, 0.4) is 0 Å². The highest BCUT2D eigenvalue weighted by Gasteiger charge is 2.18. The Labute approximate surface area is 93.1 Å². The minimum Gasteiger partial charge on any atom is -0.481 e. The molecule has 15 heavy (non-hydrogen) atoms. The van der Waals surface area contributed by atoms with E-state index in [0.717, 1.165) is 12.3 Å². The van der Waals surface area contributed by atoms with E-state index in [-0.39, 0.29) is 5.92 Å². The number of carboxylic acid groups (broad SMARTS) is 1. The average Bonchev–Trinajstić information content (AvgIpc) is 2.09. The second-order valence-electron chi connectivity index (χ2n) is 5.31. The van der Waals surface area contributed by atoms with Crippen molar-refractivity contribution >= 4 is 5.97 Å². The predicted molar refractivity (Wildman–Crippen MR) is 61.8 cm³/mol. The van der Waals surface area contributed by atoms with Crippen LogP contribution in [-0.4, -0.2) is 11.1 Å². The highest BCUT2D eigenvalue weighted by atomic mass is 16.4. The first-order valence-corrected chi connectivity index (χ1v) is 6.32. The van der Waals surface area contributed by atoms with Crippen molar-refractivity contribution in [3.63, 3.8) is 0 Å². The summed E-state index contributed by atoms with van der Waals surface area (Å²) in [6.45, 7) is 3.99. The molecule has 0 amide bonds. The molecule has 1 saturated carbocycles. The van der Waals surface area contributed by atoms with Gasteiger partial charge in [-0.1, -0.05) is 52.4 Å². The van der Waals surface area contributed by atoms with Crippen LogP contribution in [0, 0.1) is 17.8 Å². The number of hydrogen-bond acceptors (Lipinski definition) is 1. The zero-order valence-electron chi connectivity index (χ0n) is 10.0. The molecule has 88 valence electrons. The quantitative estimate of drug-likeness (QED) is 0.698. The topological polar surface area (TPSA) is 37.3 Å². The highest BCUT2D eigenvalue weighted by Crippen LogP contribution is 2.31. The second kappa shape index (κ2) is 6.14. The molecule has 0 heterocycles. The summed E-state index contributed by atoms with van der Waals surface area (Å²) in [6.07, 6.45) is 8.98. The molecule has 0 spiro atoms. The molecule has 1 fully saturated rings. The summed E-state index contributed by atoms with van der Waals surface area (Å²) < 4.78 is 0. The molecular weight excluding hydrogens is 188 g/mol. The van der Waals surface area contributed by atoms with Gasteiger partial charge in [0.25, 0.3) is 0 Å². The van der Waals surface area contributed by atoms with Crippen molar-refractivity contribution in [3.05, 3.63) is 0 Å². The van der Waals surface area contributed by atoms with Crippen LogP contribution < -0.4 is 0 Å². The Morgan fingerprint density at radius 3 is 2.53 bits per heavy atom. The van der Waals surface area contributed by atoms with Gasteiger partial charge in [-0.25, -0.2) is 0 Å². The molecule has 0 aromatic rings. The molecule has 2 heteroatoms. The maximum absolute atomic E-state index is 10.7. The Morgan fingerprint density at radius 1 is 1.40 bits per heavy atom. The molecule has 0 radical (unpaired) electrons. The number of aliphatic carboxylic acids is 1. The zero-order chi connectivity index (χ0) is 11.3. The average molecular weight is 212 g/mol. The molecule has 0 bridgehead atoms. The van der Waals surface area contributed by atoms with Gasteiger partial charge in [-0.15, -0.1) is 0 Å². The summed E-state index contributed by atoms with van der Waals surface area (Å²) >= 11 is 0. The van der Waals surface area contributed by atoms with E-state index in [1.807, 2.05) is 6.92 Å². The zero-order valence-corrected chi connectivity index (χ0v) is 10.0. The molecule has 0 aliphatic heterocycles. The molecule has 0 aromatic carbocycles. The van der Waals surface area contributed by atoms with Gasteiger partial charge in [0.2, 0.25) is 0 Å². The van der Waals surface area contributed by atoms with Gasteiger partial charge in [-0.05, 0) is 18.3 Å². The minimum atomic E-state index is -0.652. The Balaban J connectivity index is 2.01. The summed E-state index contributed by atoms with van der Waals surface area (Å²) in [5.41, 5.74) is 0. The van der Waals surface area contributed by atoms with Crippen LogP contribution in [0.1, 0.15) is 58.8 Å². The fraction of sp³-hybridized carbons (Fsp3) is 0.923. The Hall–Kier alpha value is -0.530. The van der Waals surface area contributed by atoms with Gasteiger partial charge < -0.3 is 5.11 Å². The van der Waals surface area contributed by atoms with Gasteiger partial charge in [0.05, 0.1) is 5.92 Å². The van der Waals surface area contributed by atoms with E-state index < -0.39 is 5.97 Å². The predicted octanol–water partition coefficient (Wildman–Crippen LogP) is 3.70. The van der Waals surface area contributed by atoms with E-state index in [0.29, 0.717) is 5.92 Å². The lowest BCUT2D eigenvalue weighted by atomic mass is 9.81. The molecule has 2 unspecified atom stereocenters. The monoisotopic (exact) mass is 212 g/mol. The van der Waals surface area contributed by atoms with Crippen molar-refractivity contribution in [3.8, 4) is 0 Å². The molecule has 2 nitrogen and oxygen atoms in total. The lowest BCUT2D eigenvalue weighted by molar-refractivity contribution is -0.141. The van der Waals surface area contributed by atoms with Gasteiger partial charge >= 0.3 is 5.97 Å². The molecule has 0 saturated heterocycles. The van der Waals surface area contributed by atoms with Gasteiger partial charge in [0.1, 0.15) is 0 Å². The number of carbonyl (C=O) groups is 1. The van der Waals surface area contributed by atoms with Crippen LogP contribution in [0.15, 0.2) is 0 Å². The SMILES string of the molecule is CC(CCCC1CCC1)CC(C)C(=O)O. The highest BCUT2D eigenvalue weighted by molar-refractivity contribution is 5.69. The maximum Gasteiger partial charge on any atom is 0.306 e.